The first-order chi connectivity index (χ1) is 9.34. The molecule has 0 radical (unpaired) electrons. The number of ether oxygens (including phenoxy) is 1. The lowest BCUT2D eigenvalue weighted by molar-refractivity contribution is -0.136. The van der Waals surface area contributed by atoms with E-state index < -0.39 is 17.4 Å². The van der Waals surface area contributed by atoms with Crippen molar-refractivity contribution in [3.63, 3.8) is 0 Å². The van der Waals surface area contributed by atoms with Crippen LogP contribution >= 0.6 is 0 Å². The van der Waals surface area contributed by atoms with Crippen LogP contribution in [-0.4, -0.2) is 7.11 Å². The highest BCUT2D eigenvalue weighted by Crippen LogP contribution is 2.43. The van der Waals surface area contributed by atoms with Crippen LogP contribution in [0, 0.1) is 0 Å². The zero-order chi connectivity index (χ0) is 14.9. The summed E-state index contributed by atoms with van der Waals surface area (Å²) < 4.78 is 44.5. The molecular weight excluding hydrogens is 269 g/mol. The number of rotatable bonds is 2. The van der Waals surface area contributed by atoms with E-state index in [4.69, 9.17) is 16.2 Å². The van der Waals surface area contributed by atoms with E-state index in [1.807, 2.05) is 0 Å². The second kappa shape index (κ2) is 4.96. The SMILES string of the molecule is COc1ccc(-c2ccc(N)c(N)c2C(F)(F)F)cc1. The molecule has 0 spiro atoms. The number of anilines is 2. The predicted molar refractivity (Wildman–Crippen MR) is 72.3 cm³/mol. The minimum atomic E-state index is -4.57. The van der Waals surface area contributed by atoms with Crippen LogP contribution in [-0.2, 0) is 6.18 Å². The third-order valence-corrected chi connectivity index (χ3v) is 2.96. The van der Waals surface area contributed by atoms with Crippen LogP contribution in [0.1, 0.15) is 5.56 Å². The van der Waals surface area contributed by atoms with E-state index in [-0.39, 0.29) is 11.3 Å². The molecule has 0 aliphatic rings. The van der Waals surface area contributed by atoms with E-state index in [9.17, 15) is 13.2 Å². The Bertz CT molecular complexity index is 622. The Hall–Kier alpha value is -2.37. The first kappa shape index (κ1) is 14.0. The zero-order valence-corrected chi connectivity index (χ0v) is 10.7. The average molecular weight is 282 g/mol. The molecule has 2 rings (SSSR count). The fourth-order valence-corrected chi connectivity index (χ4v) is 1.95. The first-order valence-electron chi connectivity index (χ1n) is 5.74. The summed E-state index contributed by atoms with van der Waals surface area (Å²) in [5.41, 5.74) is 9.89. The fourth-order valence-electron chi connectivity index (χ4n) is 1.95. The summed E-state index contributed by atoms with van der Waals surface area (Å²) in [6.45, 7) is 0. The van der Waals surface area contributed by atoms with Gasteiger partial charge in [-0.05, 0) is 29.3 Å². The number of hydrogen-bond donors (Lipinski definition) is 2. The molecule has 0 heterocycles. The number of halogens is 3. The number of alkyl halides is 3. The fraction of sp³-hybridized carbons (Fsp3) is 0.143. The Morgan fingerprint density at radius 3 is 2.05 bits per heavy atom. The molecule has 106 valence electrons. The molecule has 0 unspecified atom stereocenters. The van der Waals surface area contributed by atoms with Gasteiger partial charge in [0.05, 0.1) is 24.0 Å². The van der Waals surface area contributed by atoms with Gasteiger partial charge in [-0.3, -0.25) is 0 Å². The monoisotopic (exact) mass is 282 g/mol. The molecule has 3 nitrogen and oxygen atoms in total. The van der Waals surface area contributed by atoms with Gasteiger partial charge in [0.1, 0.15) is 5.75 Å². The van der Waals surface area contributed by atoms with E-state index in [0.717, 1.165) is 0 Å². The molecule has 2 aromatic carbocycles. The lowest BCUT2D eigenvalue weighted by atomic mass is 9.97. The van der Waals surface area contributed by atoms with Crippen LogP contribution < -0.4 is 16.2 Å². The van der Waals surface area contributed by atoms with Crippen molar-refractivity contribution in [2.24, 2.45) is 0 Å². The number of hydrogen-bond acceptors (Lipinski definition) is 3. The van der Waals surface area contributed by atoms with Gasteiger partial charge in [0.2, 0.25) is 0 Å². The van der Waals surface area contributed by atoms with Crippen LogP contribution in [0.4, 0.5) is 24.5 Å². The van der Waals surface area contributed by atoms with Crippen molar-refractivity contribution in [1.29, 1.82) is 0 Å². The van der Waals surface area contributed by atoms with Crippen molar-refractivity contribution in [1.82, 2.24) is 0 Å². The maximum atomic E-state index is 13.2. The zero-order valence-electron chi connectivity index (χ0n) is 10.7. The minimum absolute atomic E-state index is 0.00754. The average Bonchev–Trinajstić information content (AvgIpc) is 2.40. The highest BCUT2D eigenvalue weighted by Gasteiger charge is 2.36. The van der Waals surface area contributed by atoms with Gasteiger partial charge in [-0.25, -0.2) is 0 Å². The molecule has 0 fully saturated rings. The summed E-state index contributed by atoms with van der Waals surface area (Å²) in [7, 11) is 1.48. The van der Waals surface area contributed by atoms with E-state index in [1.165, 1.54) is 19.2 Å². The quantitative estimate of drug-likeness (QED) is 0.828. The summed E-state index contributed by atoms with van der Waals surface area (Å²) in [5.74, 6) is 0.561. The van der Waals surface area contributed by atoms with E-state index in [0.29, 0.717) is 11.3 Å². The largest absolute Gasteiger partial charge is 0.497 e. The van der Waals surface area contributed by atoms with Gasteiger partial charge in [-0.15, -0.1) is 0 Å². The number of nitrogen functional groups attached to an aromatic ring is 2. The van der Waals surface area contributed by atoms with Crippen LogP contribution in [0.3, 0.4) is 0 Å². The van der Waals surface area contributed by atoms with Gasteiger partial charge in [0.15, 0.2) is 0 Å². The summed E-state index contributed by atoms with van der Waals surface area (Å²) in [5, 5.41) is 0. The van der Waals surface area contributed by atoms with Crippen LogP contribution in [0.25, 0.3) is 11.1 Å². The molecule has 0 atom stereocenters. The second-order valence-electron chi connectivity index (χ2n) is 4.22. The molecule has 4 N–H and O–H groups in total. The van der Waals surface area contributed by atoms with Gasteiger partial charge in [0.25, 0.3) is 0 Å². The molecule has 2 aromatic rings. The summed E-state index contributed by atoms with van der Waals surface area (Å²) in [4.78, 5) is 0. The Morgan fingerprint density at radius 2 is 1.55 bits per heavy atom. The van der Waals surface area contributed by atoms with Crippen molar-refractivity contribution in [2.45, 2.75) is 6.18 Å². The third-order valence-electron chi connectivity index (χ3n) is 2.96. The Balaban J connectivity index is 2.64. The van der Waals surface area contributed by atoms with Crippen molar-refractivity contribution in [3.05, 3.63) is 42.0 Å². The van der Waals surface area contributed by atoms with Crippen molar-refractivity contribution < 1.29 is 17.9 Å². The van der Waals surface area contributed by atoms with Crippen molar-refractivity contribution in [2.75, 3.05) is 18.6 Å². The van der Waals surface area contributed by atoms with Crippen molar-refractivity contribution >= 4 is 11.4 Å². The molecule has 0 saturated carbocycles. The van der Waals surface area contributed by atoms with Gasteiger partial charge in [-0.1, -0.05) is 18.2 Å². The predicted octanol–water partition coefficient (Wildman–Crippen LogP) is 3.55. The molecular formula is C14H13F3N2O. The van der Waals surface area contributed by atoms with E-state index in [1.54, 1.807) is 24.3 Å². The van der Waals surface area contributed by atoms with E-state index in [2.05, 4.69) is 0 Å². The summed E-state index contributed by atoms with van der Waals surface area (Å²) in [6.07, 6.45) is -4.57. The molecule has 0 aliphatic carbocycles. The van der Waals surface area contributed by atoms with Crippen LogP contribution in [0.2, 0.25) is 0 Å². The maximum Gasteiger partial charge on any atom is 0.419 e. The molecule has 20 heavy (non-hydrogen) atoms. The number of nitrogens with two attached hydrogens (primary N) is 2. The van der Waals surface area contributed by atoms with Gasteiger partial charge >= 0.3 is 6.18 Å². The summed E-state index contributed by atoms with van der Waals surface area (Å²) in [6, 6.07) is 8.93. The standard InChI is InChI=1S/C14H13F3N2O/c1-20-9-4-2-8(3-5-9)10-6-7-11(18)13(19)12(10)14(15,16)17/h2-7H,18-19H2,1H3. The lowest BCUT2D eigenvalue weighted by Gasteiger charge is -2.17. The Labute approximate surface area is 114 Å². The highest BCUT2D eigenvalue weighted by molar-refractivity contribution is 5.81. The molecule has 0 saturated heterocycles. The summed E-state index contributed by atoms with van der Waals surface area (Å²) >= 11 is 0. The normalized spacial score (nSPS) is 11.4. The van der Waals surface area contributed by atoms with Crippen LogP contribution in [0.5, 0.6) is 5.75 Å². The van der Waals surface area contributed by atoms with Gasteiger partial charge in [0, 0.05) is 0 Å². The van der Waals surface area contributed by atoms with Gasteiger partial charge < -0.3 is 16.2 Å². The van der Waals surface area contributed by atoms with Crippen molar-refractivity contribution in [3.8, 4) is 16.9 Å². The smallest absolute Gasteiger partial charge is 0.419 e. The second-order valence-corrected chi connectivity index (χ2v) is 4.22. The first-order valence-corrected chi connectivity index (χ1v) is 5.74. The molecule has 0 aliphatic heterocycles. The lowest BCUT2D eigenvalue weighted by Crippen LogP contribution is -2.12. The molecule has 6 heteroatoms. The number of methoxy groups -OCH3 is 1. The molecule has 0 bridgehead atoms. The molecule has 0 amide bonds. The topological polar surface area (TPSA) is 61.3 Å². The molecule has 0 aromatic heterocycles. The Kier molecular flexibility index (Phi) is 3.48. The number of benzene rings is 2. The van der Waals surface area contributed by atoms with Gasteiger partial charge in [-0.2, -0.15) is 13.2 Å². The highest BCUT2D eigenvalue weighted by atomic mass is 19.4. The van der Waals surface area contributed by atoms with Crippen LogP contribution in [0.15, 0.2) is 36.4 Å². The maximum absolute atomic E-state index is 13.2. The van der Waals surface area contributed by atoms with E-state index >= 15 is 0 Å². The third kappa shape index (κ3) is 2.49. The minimum Gasteiger partial charge on any atom is -0.497 e. The Morgan fingerprint density at radius 1 is 0.950 bits per heavy atom.